The van der Waals surface area contributed by atoms with Gasteiger partial charge in [0.1, 0.15) is 17.1 Å². The molecular formula is C24H24O3. The summed E-state index contributed by atoms with van der Waals surface area (Å²) in [7, 11) is 3.31. The summed E-state index contributed by atoms with van der Waals surface area (Å²) in [6, 6.07) is 16.0. The van der Waals surface area contributed by atoms with Gasteiger partial charge in [-0.2, -0.15) is 0 Å². The molecule has 3 aromatic rings. The minimum Gasteiger partial charge on any atom is -0.497 e. The zero-order valence-electron chi connectivity index (χ0n) is 16.4. The first-order valence-corrected chi connectivity index (χ1v) is 9.08. The van der Waals surface area contributed by atoms with E-state index in [1.54, 1.807) is 14.2 Å². The first kappa shape index (κ1) is 17.6. The predicted octanol–water partition coefficient (Wildman–Crippen LogP) is 4.89. The van der Waals surface area contributed by atoms with Crippen molar-refractivity contribution in [2.45, 2.75) is 26.4 Å². The number of fused-ring (bicyclic) bond motifs is 3. The molecule has 0 fully saturated rings. The van der Waals surface area contributed by atoms with Gasteiger partial charge in [0.05, 0.1) is 14.2 Å². The SMILES string of the molecule is COc1ccc2c(c1)-c1cc(OC)ccc1C2(O)c1c(C)cc(C)cc1C. The van der Waals surface area contributed by atoms with Crippen LogP contribution in [-0.2, 0) is 5.60 Å². The van der Waals surface area contributed by atoms with Crippen molar-refractivity contribution in [2.75, 3.05) is 14.2 Å². The van der Waals surface area contributed by atoms with Gasteiger partial charge in [0, 0.05) is 11.1 Å². The Hall–Kier alpha value is -2.78. The summed E-state index contributed by atoms with van der Waals surface area (Å²) in [6.07, 6.45) is 0. The van der Waals surface area contributed by atoms with Gasteiger partial charge in [0.25, 0.3) is 0 Å². The summed E-state index contributed by atoms with van der Waals surface area (Å²) in [5.74, 6) is 1.54. The van der Waals surface area contributed by atoms with Gasteiger partial charge in [0.2, 0.25) is 0 Å². The number of benzene rings is 3. The maximum Gasteiger partial charge on any atom is 0.142 e. The number of hydrogen-bond acceptors (Lipinski definition) is 3. The van der Waals surface area contributed by atoms with E-state index in [9.17, 15) is 5.11 Å². The fourth-order valence-electron chi connectivity index (χ4n) is 4.54. The summed E-state index contributed by atoms with van der Waals surface area (Å²) in [4.78, 5) is 0. The van der Waals surface area contributed by atoms with Crippen LogP contribution in [0.1, 0.15) is 33.4 Å². The van der Waals surface area contributed by atoms with Crippen LogP contribution in [0.25, 0.3) is 11.1 Å². The quantitative estimate of drug-likeness (QED) is 0.722. The average Bonchev–Trinajstić information content (AvgIpc) is 2.89. The first-order valence-electron chi connectivity index (χ1n) is 9.08. The molecular weight excluding hydrogens is 336 g/mol. The Labute approximate surface area is 160 Å². The molecule has 0 atom stereocenters. The topological polar surface area (TPSA) is 38.7 Å². The van der Waals surface area contributed by atoms with Gasteiger partial charge in [-0.15, -0.1) is 0 Å². The van der Waals surface area contributed by atoms with Crippen LogP contribution in [0.3, 0.4) is 0 Å². The van der Waals surface area contributed by atoms with Gasteiger partial charge in [-0.3, -0.25) is 0 Å². The maximum absolute atomic E-state index is 12.2. The second kappa shape index (κ2) is 6.14. The Bertz CT molecular complexity index is 973. The van der Waals surface area contributed by atoms with E-state index < -0.39 is 5.60 Å². The van der Waals surface area contributed by atoms with E-state index in [0.717, 1.165) is 50.4 Å². The molecule has 4 rings (SSSR count). The smallest absolute Gasteiger partial charge is 0.142 e. The zero-order chi connectivity index (χ0) is 19.3. The highest BCUT2D eigenvalue weighted by Crippen LogP contribution is 2.53. The summed E-state index contributed by atoms with van der Waals surface area (Å²) in [5, 5.41) is 12.2. The minimum absolute atomic E-state index is 0.768. The van der Waals surface area contributed by atoms with E-state index in [1.165, 1.54) is 5.56 Å². The third-order valence-corrected chi connectivity index (χ3v) is 5.56. The third-order valence-electron chi connectivity index (χ3n) is 5.56. The summed E-state index contributed by atoms with van der Waals surface area (Å²) in [5.41, 5.74) is 6.81. The van der Waals surface area contributed by atoms with Crippen LogP contribution in [0.15, 0.2) is 48.5 Å². The molecule has 3 nitrogen and oxygen atoms in total. The van der Waals surface area contributed by atoms with E-state index in [1.807, 2.05) is 36.4 Å². The van der Waals surface area contributed by atoms with E-state index in [0.29, 0.717) is 0 Å². The van der Waals surface area contributed by atoms with Gasteiger partial charge in [-0.1, -0.05) is 29.8 Å². The molecule has 1 aliphatic carbocycles. The molecule has 0 aromatic heterocycles. The number of methoxy groups -OCH3 is 2. The van der Waals surface area contributed by atoms with Crippen molar-refractivity contribution in [1.82, 2.24) is 0 Å². The monoisotopic (exact) mass is 360 g/mol. The molecule has 0 radical (unpaired) electrons. The zero-order valence-corrected chi connectivity index (χ0v) is 16.4. The van der Waals surface area contributed by atoms with Crippen molar-refractivity contribution in [3.63, 3.8) is 0 Å². The Morgan fingerprint density at radius 2 is 1.15 bits per heavy atom. The lowest BCUT2D eigenvalue weighted by Crippen LogP contribution is -2.28. The van der Waals surface area contributed by atoms with Gasteiger partial charge in [-0.25, -0.2) is 0 Å². The lowest BCUT2D eigenvalue weighted by atomic mass is 9.79. The molecule has 27 heavy (non-hydrogen) atoms. The standard InChI is InChI=1S/C24H24O3/c1-14-10-15(2)23(16(3)11-14)24(25)21-8-6-17(26-4)12-19(21)20-13-18(27-5)7-9-22(20)24/h6-13,25H,1-5H3. The molecule has 0 bridgehead atoms. The normalized spacial score (nSPS) is 13.9. The van der Waals surface area contributed by atoms with Crippen LogP contribution in [0.2, 0.25) is 0 Å². The van der Waals surface area contributed by atoms with Gasteiger partial charge >= 0.3 is 0 Å². The van der Waals surface area contributed by atoms with Gasteiger partial charge in [0.15, 0.2) is 0 Å². The minimum atomic E-state index is -1.20. The first-order chi connectivity index (χ1) is 12.9. The molecule has 3 heteroatoms. The van der Waals surface area contributed by atoms with Gasteiger partial charge < -0.3 is 14.6 Å². The highest BCUT2D eigenvalue weighted by Gasteiger charge is 2.45. The molecule has 3 aromatic carbocycles. The number of aliphatic hydroxyl groups is 1. The van der Waals surface area contributed by atoms with E-state index in [4.69, 9.17) is 9.47 Å². The summed E-state index contributed by atoms with van der Waals surface area (Å²) >= 11 is 0. The second-order valence-corrected chi connectivity index (χ2v) is 7.31. The molecule has 1 N–H and O–H groups in total. The van der Waals surface area contributed by atoms with E-state index in [2.05, 4.69) is 32.9 Å². The number of hydrogen-bond donors (Lipinski definition) is 1. The van der Waals surface area contributed by atoms with Crippen molar-refractivity contribution in [3.05, 3.63) is 81.9 Å². The molecule has 0 saturated heterocycles. The maximum atomic E-state index is 12.2. The van der Waals surface area contributed by atoms with Crippen molar-refractivity contribution < 1.29 is 14.6 Å². The van der Waals surface area contributed by atoms with Crippen LogP contribution in [0, 0.1) is 20.8 Å². The Morgan fingerprint density at radius 1 is 0.704 bits per heavy atom. The number of aryl methyl sites for hydroxylation is 3. The van der Waals surface area contributed by atoms with E-state index >= 15 is 0 Å². The molecule has 0 saturated carbocycles. The summed E-state index contributed by atoms with van der Waals surface area (Å²) < 4.78 is 10.9. The fourth-order valence-corrected chi connectivity index (χ4v) is 4.54. The largest absolute Gasteiger partial charge is 0.497 e. The highest BCUT2D eigenvalue weighted by atomic mass is 16.5. The number of ether oxygens (including phenoxy) is 2. The highest BCUT2D eigenvalue weighted by molar-refractivity contribution is 5.84. The van der Waals surface area contributed by atoms with Crippen LogP contribution in [0.5, 0.6) is 11.5 Å². The fraction of sp³-hybridized carbons (Fsp3) is 0.250. The lowest BCUT2D eigenvalue weighted by Gasteiger charge is -2.30. The van der Waals surface area contributed by atoms with Crippen LogP contribution < -0.4 is 9.47 Å². The molecule has 0 heterocycles. The molecule has 138 valence electrons. The van der Waals surface area contributed by atoms with E-state index in [-0.39, 0.29) is 0 Å². The second-order valence-electron chi connectivity index (χ2n) is 7.31. The van der Waals surface area contributed by atoms with Crippen LogP contribution in [0.4, 0.5) is 0 Å². The third kappa shape index (κ3) is 2.46. The van der Waals surface area contributed by atoms with Crippen molar-refractivity contribution >= 4 is 0 Å². The van der Waals surface area contributed by atoms with Crippen LogP contribution in [-0.4, -0.2) is 19.3 Å². The molecule has 0 spiro atoms. The predicted molar refractivity (Wildman–Crippen MR) is 108 cm³/mol. The Balaban J connectivity index is 2.09. The molecule has 0 unspecified atom stereocenters. The average molecular weight is 360 g/mol. The lowest BCUT2D eigenvalue weighted by molar-refractivity contribution is 0.129. The Kier molecular flexibility index (Phi) is 4.01. The van der Waals surface area contributed by atoms with Gasteiger partial charge in [-0.05, 0) is 72.9 Å². The van der Waals surface area contributed by atoms with Crippen molar-refractivity contribution in [2.24, 2.45) is 0 Å². The van der Waals surface area contributed by atoms with Crippen LogP contribution >= 0.6 is 0 Å². The Morgan fingerprint density at radius 3 is 1.56 bits per heavy atom. The number of rotatable bonds is 3. The molecule has 1 aliphatic rings. The van der Waals surface area contributed by atoms with Crippen molar-refractivity contribution in [1.29, 1.82) is 0 Å². The van der Waals surface area contributed by atoms with Crippen molar-refractivity contribution in [3.8, 4) is 22.6 Å². The summed E-state index contributed by atoms with van der Waals surface area (Å²) in [6.45, 7) is 6.22. The molecule has 0 aliphatic heterocycles. The molecule has 0 amide bonds.